The average Bonchev–Trinajstić information content (AvgIpc) is 2.73. The largest absolute Gasteiger partial charge is 0.206 e. The fourth-order valence-electron chi connectivity index (χ4n) is 3.76. The minimum Gasteiger partial charge on any atom is -0.206 e. The summed E-state index contributed by atoms with van der Waals surface area (Å²) < 4.78 is 14.8. The topological polar surface area (TPSA) is 0 Å². The molecule has 0 saturated carbocycles. The molecule has 28 heavy (non-hydrogen) atoms. The van der Waals surface area contributed by atoms with Crippen molar-refractivity contribution in [2.45, 2.75) is 58.8 Å². The second-order valence-electron chi connectivity index (χ2n) is 7.60. The third kappa shape index (κ3) is 5.32. The highest BCUT2D eigenvalue weighted by Crippen LogP contribution is 2.27. The van der Waals surface area contributed by atoms with E-state index in [-0.39, 0.29) is 5.82 Å². The van der Waals surface area contributed by atoms with Crippen LogP contribution < -0.4 is 0 Å². The lowest BCUT2D eigenvalue weighted by Crippen LogP contribution is -1.96. The Morgan fingerprint density at radius 3 is 1.96 bits per heavy atom. The average molecular weight is 375 g/mol. The molecule has 0 bridgehead atoms. The van der Waals surface area contributed by atoms with Gasteiger partial charge in [0.25, 0.3) is 0 Å². The van der Waals surface area contributed by atoms with Crippen LogP contribution in [0.4, 0.5) is 4.39 Å². The Balaban J connectivity index is 1.63. The highest BCUT2D eigenvalue weighted by atomic mass is 19.1. The summed E-state index contributed by atoms with van der Waals surface area (Å²) in [4.78, 5) is 0. The number of halogens is 1. The lowest BCUT2D eigenvalue weighted by atomic mass is 9.95. The Kier molecular flexibility index (Phi) is 7.42. The molecule has 3 aromatic carbocycles. The third-order valence-electron chi connectivity index (χ3n) is 5.52. The van der Waals surface area contributed by atoms with Gasteiger partial charge in [-0.2, -0.15) is 0 Å². The summed E-state index contributed by atoms with van der Waals surface area (Å²) in [5, 5.41) is 0. The van der Waals surface area contributed by atoms with E-state index in [9.17, 15) is 4.39 Å². The van der Waals surface area contributed by atoms with Gasteiger partial charge >= 0.3 is 0 Å². The molecule has 0 saturated heterocycles. The van der Waals surface area contributed by atoms with E-state index in [4.69, 9.17) is 0 Å². The van der Waals surface area contributed by atoms with Crippen molar-refractivity contribution in [3.05, 3.63) is 94.8 Å². The van der Waals surface area contributed by atoms with E-state index < -0.39 is 0 Å². The molecule has 0 heterocycles. The van der Waals surface area contributed by atoms with Crippen LogP contribution in [0.1, 0.15) is 55.4 Å². The Bertz CT molecular complexity index is 877. The van der Waals surface area contributed by atoms with Crippen molar-refractivity contribution in [2.24, 2.45) is 0 Å². The first-order valence-corrected chi connectivity index (χ1v) is 10.7. The normalized spacial score (nSPS) is 11.0. The molecular formula is C27H31F. The van der Waals surface area contributed by atoms with Crippen molar-refractivity contribution in [3.8, 4) is 11.1 Å². The monoisotopic (exact) mass is 374 g/mol. The van der Waals surface area contributed by atoms with E-state index in [1.54, 1.807) is 6.07 Å². The highest BCUT2D eigenvalue weighted by molar-refractivity contribution is 5.68. The van der Waals surface area contributed by atoms with Gasteiger partial charge in [0.2, 0.25) is 0 Å². The van der Waals surface area contributed by atoms with Gasteiger partial charge in [-0.15, -0.1) is 0 Å². The molecule has 3 rings (SSSR count). The Labute approximate surface area is 169 Å². The lowest BCUT2D eigenvalue weighted by molar-refractivity contribution is 0.628. The van der Waals surface area contributed by atoms with Gasteiger partial charge in [0.15, 0.2) is 0 Å². The van der Waals surface area contributed by atoms with E-state index in [1.165, 1.54) is 42.4 Å². The van der Waals surface area contributed by atoms with Gasteiger partial charge in [-0.25, -0.2) is 4.39 Å². The SMILES string of the molecule is CCCCCc1ccc(CCc2ccc(-c3ccccc3CC)c(F)c2)cc1. The van der Waals surface area contributed by atoms with E-state index in [0.717, 1.165) is 30.4 Å². The molecule has 0 aromatic heterocycles. The molecule has 0 fully saturated rings. The molecule has 0 amide bonds. The molecule has 146 valence electrons. The van der Waals surface area contributed by atoms with Crippen LogP contribution in [0.5, 0.6) is 0 Å². The minimum absolute atomic E-state index is 0.121. The molecule has 0 spiro atoms. The fourth-order valence-corrected chi connectivity index (χ4v) is 3.76. The van der Waals surface area contributed by atoms with Gasteiger partial charge in [-0.1, -0.05) is 87.4 Å². The second-order valence-corrected chi connectivity index (χ2v) is 7.60. The molecule has 0 aliphatic rings. The number of benzene rings is 3. The van der Waals surface area contributed by atoms with E-state index in [2.05, 4.69) is 50.2 Å². The molecule has 0 unspecified atom stereocenters. The number of hydrogen-bond donors (Lipinski definition) is 0. The van der Waals surface area contributed by atoms with Gasteiger partial charge in [-0.3, -0.25) is 0 Å². The van der Waals surface area contributed by atoms with E-state index in [0.29, 0.717) is 5.56 Å². The first-order valence-electron chi connectivity index (χ1n) is 10.7. The highest BCUT2D eigenvalue weighted by Gasteiger charge is 2.09. The zero-order valence-electron chi connectivity index (χ0n) is 17.2. The van der Waals surface area contributed by atoms with Gasteiger partial charge < -0.3 is 0 Å². The summed E-state index contributed by atoms with van der Waals surface area (Å²) in [6.45, 7) is 4.35. The van der Waals surface area contributed by atoms with Gasteiger partial charge in [0.1, 0.15) is 5.82 Å². The Morgan fingerprint density at radius 2 is 1.29 bits per heavy atom. The molecule has 0 atom stereocenters. The van der Waals surface area contributed by atoms with Crippen molar-refractivity contribution >= 4 is 0 Å². The maximum absolute atomic E-state index is 14.8. The maximum Gasteiger partial charge on any atom is 0.131 e. The van der Waals surface area contributed by atoms with Gasteiger partial charge in [0, 0.05) is 5.56 Å². The molecule has 0 nitrogen and oxygen atoms in total. The molecule has 0 radical (unpaired) electrons. The van der Waals surface area contributed by atoms with Crippen molar-refractivity contribution in [2.75, 3.05) is 0 Å². The van der Waals surface area contributed by atoms with Crippen LogP contribution in [0.2, 0.25) is 0 Å². The quantitative estimate of drug-likeness (QED) is 0.339. The second kappa shape index (κ2) is 10.2. The Hall–Kier alpha value is -2.41. The maximum atomic E-state index is 14.8. The van der Waals surface area contributed by atoms with Gasteiger partial charge in [-0.05, 0) is 66.0 Å². The van der Waals surface area contributed by atoms with Crippen molar-refractivity contribution in [1.29, 1.82) is 0 Å². The summed E-state index contributed by atoms with van der Waals surface area (Å²) in [5.74, 6) is -0.121. The summed E-state index contributed by atoms with van der Waals surface area (Å²) in [6.07, 6.45) is 7.71. The first-order chi connectivity index (χ1) is 13.7. The summed E-state index contributed by atoms with van der Waals surface area (Å²) in [5.41, 5.74) is 6.70. The van der Waals surface area contributed by atoms with Crippen LogP contribution >= 0.6 is 0 Å². The van der Waals surface area contributed by atoms with Crippen LogP contribution in [-0.4, -0.2) is 0 Å². The van der Waals surface area contributed by atoms with Crippen molar-refractivity contribution in [3.63, 3.8) is 0 Å². The predicted octanol–water partition coefficient (Wildman–Crippen LogP) is 7.57. The summed E-state index contributed by atoms with van der Waals surface area (Å²) in [6, 6.07) is 22.8. The minimum atomic E-state index is -0.121. The number of aryl methyl sites for hydroxylation is 4. The lowest BCUT2D eigenvalue weighted by Gasteiger charge is -2.11. The van der Waals surface area contributed by atoms with E-state index in [1.807, 2.05) is 24.3 Å². The summed E-state index contributed by atoms with van der Waals surface area (Å²) in [7, 11) is 0. The Morgan fingerprint density at radius 1 is 0.643 bits per heavy atom. The standard InChI is InChI=1S/C27H31F/c1-3-5-6-9-21-12-14-22(15-13-21)16-17-23-18-19-26(27(28)20-23)25-11-8-7-10-24(25)4-2/h7-8,10-15,18-20H,3-6,9,16-17H2,1-2H3. The number of unbranched alkanes of at least 4 members (excludes halogenated alkanes) is 2. The molecule has 3 aromatic rings. The molecule has 0 aliphatic carbocycles. The van der Waals surface area contributed by atoms with E-state index >= 15 is 0 Å². The smallest absolute Gasteiger partial charge is 0.131 e. The van der Waals surface area contributed by atoms with Crippen molar-refractivity contribution < 1.29 is 4.39 Å². The van der Waals surface area contributed by atoms with Crippen LogP contribution in [0.25, 0.3) is 11.1 Å². The molecule has 1 heteroatoms. The molecule has 0 N–H and O–H groups in total. The zero-order chi connectivity index (χ0) is 19.8. The number of hydrogen-bond acceptors (Lipinski definition) is 0. The third-order valence-corrected chi connectivity index (χ3v) is 5.52. The van der Waals surface area contributed by atoms with Crippen molar-refractivity contribution in [1.82, 2.24) is 0 Å². The van der Waals surface area contributed by atoms with Crippen LogP contribution in [0, 0.1) is 5.82 Å². The predicted molar refractivity (Wildman–Crippen MR) is 118 cm³/mol. The van der Waals surface area contributed by atoms with Gasteiger partial charge in [0.05, 0.1) is 0 Å². The number of rotatable bonds is 9. The fraction of sp³-hybridized carbons (Fsp3) is 0.333. The van der Waals surface area contributed by atoms with Crippen LogP contribution in [-0.2, 0) is 25.7 Å². The molecular weight excluding hydrogens is 343 g/mol. The van der Waals surface area contributed by atoms with Crippen LogP contribution in [0.3, 0.4) is 0 Å². The summed E-state index contributed by atoms with van der Waals surface area (Å²) >= 11 is 0. The first kappa shape index (κ1) is 20.3. The zero-order valence-corrected chi connectivity index (χ0v) is 17.2. The van der Waals surface area contributed by atoms with Crippen LogP contribution in [0.15, 0.2) is 66.7 Å². The molecule has 0 aliphatic heterocycles.